The molecule has 152 valence electrons. The van der Waals surface area contributed by atoms with Crippen molar-refractivity contribution in [1.82, 2.24) is 4.98 Å². The summed E-state index contributed by atoms with van der Waals surface area (Å²) in [7, 11) is -3.33. The molecule has 4 rings (SSSR count). The SMILES string of the molecule is CC(C)(c1cc(-c2cccc(-c3cc[n+]([O-])cc3)c2)c2ncccc2c1)S(C)(=O)=O. The standard InChI is InChI=1S/C24H22N2O3S/c1-24(2,30(3,28)29)21-15-20-8-5-11-25-23(20)22(16-21)19-7-4-6-18(14-19)17-9-12-26(27)13-10-17/h4-16H,1-3H3. The van der Waals surface area contributed by atoms with Gasteiger partial charge in [0.05, 0.1) is 10.3 Å². The van der Waals surface area contributed by atoms with E-state index in [1.165, 1.54) is 18.6 Å². The molecule has 2 heterocycles. The summed E-state index contributed by atoms with van der Waals surface area (Å²) in [6.07, 6.45) is 5.93. The van der Waals surface area contributed by atoms with Gasteiger partial charge in [-0.05, 0) is 60.4 Å². The van der Waals surface area contributed by atoms with E-state index in [0.29, 0.717) is 0 Å². The number of hydrogen-bond acceptors (Lipinski definition) is 4. The number of benzene rings is 2. The van der Waals surface area contributed by atoms with Crippen molar-refractivity contribution in [3.63, 3.8) is 0 Å². The maximum Gasteiger partial charge on any atom is 0.180 e. The Morgan fingerprint density at radius 2 is 1.60 bits per heavy atom. The quantitative estimate of drug-likeness (QED) is 0.362. The van der Waals surface area contributed by atoms with Crippen LogP contribution < -0.4 is 4.73 Å². The molecule has 0 saturated heterocycles. The van der Waals surface area contributed by atoms with Crippen molar-refractivity contribution >= 4 is 20.7 Å². The van der Waals surface area contributed by atoms with Crippen LogP contribution in [0.2, 0.25) is 0 Å². The molecular formula is C24H22N2O3S. The second-order valence-corrected chi connectivity index (χ2v) is 10.5. The number of nitrogens with zero attached hydrogens (tertiary/aromatic N) is 2. The molecule has 0 aliphatic heterocycles. The van der Waals surface area contributed by atoms with Crippen LogP contribution in [0.4, 0.5) is 0 Å². The van der Waals surface area contributed by atoms with E-state index >= 15 is 0 Å². The fourth-order valence-corrected chi connectivity index (χ4v) is 3.99. The Labute approximate surface area is 176 Å². The Hall–Kier alpha value is -3.25. The third-order valence-electron chi connectivity index (χ3n) is 5.64. The van der Waals surface area contributed by atoms with E-state index in [2.05, 4.69) is 4.98 Å². The van der Waals surface area contributed by atoms with Gasteiger partial charge in [0.25, 0.3) is 0 Å². The molecule has 0 atom stereocenters. The van der Waals surface area contributed by atoms with Gasteiger partial charge in [0.2, 0.25) is 0 Å². The smallest absolute Gasteiger partial charge is 0.180 e. The lowest BCUT2D eigenvalue weighted by atomic mass is 9.92. The fraction of sp³-hybridized carbons (Fsp3) is 0.167. The number of aromatic nitrogens is 2. The third-order valence-corrected chi connectivity index (χ3v) is 7.73. The lowest BCUT2D eigenvalue weighted by Gasteiger charge is -2.24. The van der Waals surface area contributed by atoms with Gasteiger partial charge in [0, 0.05) is 35.5 Å². The number of rotatable bonds is 4. The summed E-state index contributed by atoms with van der Waals surface area (Å²) < 4.78 is 24.6. The topological polar surface area (TPSA) is 74.0 Å². The van der Waals surface area contributed by atoms with Crippen LogP contribution in [0.25, 0.3) is 33.2 Å². The minimum absolute atomic E-state index is 0.720. The summed E-state index contributed by atoms with van der Waals surface area (Å²) in [4.78, 5) is 4.56. The van der Waals surface area contributed by atoms with Crippen molar-refractivity contribution in [3.05, 3.63) is 90.0 Å². The number of hydrogen-bond donors (Lipinski definition) is 0. The van der Waals surface area contributed by atoms with Crippen molar-refractivity contribution in [2.45, 2.75) is 18.6 Å². The first-order valence-corrected chi connectivity index (χ1v) is 11.4. The molecule has 0 bridgehead atoms. The molecule has 0 radical (unpaired) electrons. The second kappa shape index (κ2) is 7.22. The maximum absolute atomic E-state index is 12.5. The summed E-state index contributed by atoms with van der Waals surface area (Å²) in [6, 6.07) is 19.1. The van der Waals surface area contributed by atoms with Crippen LogP contribution >= 0.6 is 0 Å². The number of fused-ring (bicyclic) bond motifs is 1. The van der Waals surface area contributed by atoms with Crippen LogP contribution in [-0.2, 0) is 14.6 Å². The van der Waals surface area contributed by atoms with Crippen LogP contribution in [0.1, 0.15) is 19.4 Å². The molecule has 0 aliphatic carbocycles. The molecule has 6 heteroatoms. The molecule has 30 heavy (non-hydrogen) atoms. The molecule has 0 fully saturated rings. The van der Waals surface area contributed by atoms with Crippen LogP contribution in [0.15, 0.2) is 79.3 Å². The molecule has 4 aromatic rings. The fourth-order valence-electron chi connectivity index (χ4n) is 3.45. The molecule has 0 unspecified atom stereocenters. The minimum Gasteiger partial charge on any atom is -0.619 e. The van der Waals surface area contributed by atoms with Crippen LogP contribution in [0.3, 0.4) is 0 Å². The van der Waals surface area contributed by atoms with Gasteiger partial charge in [-0.2, -0.15) is 4.73 Å². The Bertz CT molecular complexity index is 1340. The third kappa shape index (κ3) is 3.55. The van der Waals surface area contributed by atoms with Crippen LogP contribution in [0, 0.1) is 5.21 Å². The van der Waals surface area contributed by atoms with Crippen molar-refractivity contribution in [1.29, 1.82) is 0 Å². The van der Waals surface area contributed by atoms with E-state index in [9.17, 15) is 13.6 Å². The molecule has 0 saturated carbocycles. The normalized spacial score (nSPS) is 12.2. The molecule has 0 amide bonds. The highest BCUT2D eigenvalue weighted by molar-refractivity contribution is 7.91. The molecule has 0 N–H and O–H groups in total. The Morgan fingerprint density at radius 1 is 0.900 bits per heavy atom. The lowest BCUT2D eigenvalue weighted by molar-refractivity contribution is -0.605. The summed E-state index contributed by atoms with van der Waals surface area (Å²) in [5.41, 5.74) is 5.22. The highest BCUT2D eigenvalue weighted by Gasteiger charge is 2.33. The molecule has 2 aromatic carbocycles. The largest absolute Gasteiger partial charge is 0.619 e. The average molecular weight is 419 g/mol. The zero-order valence-electron chi connectivity index (χ0n) is 17.0. The predicted molar refractivity (Wildman–Crippen MR) is 119 cm³/mol. The Balaban J connectivity index is 1.95. The monoisotopic (exact) mass is 418 g/mol. The highest BCUT2D eigenvalue weighted by atomic mass is 32.2. The van der Waals surface area contributed by atoms with Gasteiger partial charge >= 0.3 is 0 Å². The first-order valence-electron chi connectivity index (χ1n) is 9.55. The predicted octanol–water partition coefficient (Wildman–Crippen LogP) is 4.48. The highest BCUT2D eigenvalue weighted by Crippen LogP contribution is 2.37. The van der Waals surface area contributed by atoms with Gasteiger partial charge in [0.1, 0.15) is 0 Å². The van der Waals surface area contributed by atoms with E-state index < -0.39 is 14.6 Å². The van der Waals surface area contributed by atoms with Gasteiger partial charge in [0.15, 0.2) is 22.2 Å². The number of pyridine rings is 2. The van der Waals surface area contributed by atoms with Crippen LogP contribution in [0.5, 0.6) is 0 Å². The van der Waals surface area contributed by atoms with Crippen molar-refractivity contribution in [2.75, 3.05) is 6.26 Å². The summed E-state index contributed by atoms with van der Waals surface area (Å²) in [6.45, 7) is 3.45. The van der Waals surface area contributed by atoms with Crippen molar-refractivity contribution in [3.8, 4) is 22.3 Å². The van der Waals surface area contributed by atoms with Gasteiger partial charge < -0.3 is 5.21 Å². The Kier molecular flexibility index (Phi) is 4.82. The summed E-state index contributed by atoms with van der Waals surface area (Å²) in [5.74, 6) is 0. The van der Waals surface area contributed by atoms with Gasteiger partial charge in [-0.25, -0.2) is 8.42 Å². The van der Waals surface area contributed by atoms with Gasteiger partial charge in [-0.1, -0.05) is 24.3 Å². The van der Waals surface area contributed by atoms with Crippen molar-refractivity contribution in [2.24, 2.45) is 0 Å². The van der Waals surface area contributed by atoms with Crippen LogP contribution in [-0.4, -0.2) is 19.7 Å². The molecule has 0 spiro atoms. The van der Waals surface area contributed by atoms with E-state index in [4.69, 9.17) is 0 Å². The first kappa shape index (κ1) is 20.0. The van der Waals surface area contributed by atoms with E-state index in [1.807, 2.05) is 48.5 Å². The van der Waals surface area contributed by atoms with Gasteiger partial charge in [-0.3, -0.25) is 4.98 Å². The molecule has 5 nitrogen and oxygen atoms in total. The zero-order valence-corrected chi connectivity index (χ0v) is 17.8. The maximum atomic E-state index is 12.5. The summed E-state index contributed by atoms with van der Waals surface area (Å²) in [5, 5.41) is 12.2. The average Bonchev–Trinajstić information content (AvgIpc) is 2.72. The van der Waals surface area contributed by atoms with Crippen molar-refractivity contribution < 1.29 is 13.1 Å². The zero-order chi connectivity index (χ0) is 21.5. The lowest BCUT2D eigenvalue weighted by Crippen LogP contribution is -2.28. The second-order valence-electron chi connectivity index (χ2n) is 7.91. The van der Waals surface area contributed by atoms with E-state index in [1.54, 1.807) is 32.2 Å². The molecule has 0 aliphatic rings. The Morgan fingerprint density at radius 3 is 2.30 bits per heavy atom. The van der Waals surface area contributed by atoms with E-state index in [0.717, 1.165) is 43.5 Å². The summed E-state index contributed by atoms with van der Waals surface area (Å²) >= 11 is 0. The first-order chi connectivity index (χ1) is 14.2. The molecular weight excluding hydrogens is 396 g/mol. The number of sulfone groups is 1. The minimum atomic E-state index is -3.33. The van der Waals surface area contributed by atoms with Gasteiger partial charge in [-0.15, -0.1) is 0 Å². The molecule has 2 aromatic heterocycles. The van der Waals surface area contributed by atoms with E-state index in [-0.39, 0.29) is 0 Å².